The van der Waals surface area contributed by atoms with Gasteiger partial charge in [-0.1, -0.05) is 45.2 Å². The van der Waals surface area contributed by atoms with Crippen LogP contribution in [0.15, 0.2) is 64.4 Å². The number of aromatic nitrogens is 3. The molecular formula is C20H14BrCl2N5O. The Bertz CT molecular complexity index is 1230. The van der Waals surface area contributed by atoms with Crippen LogP contribution in [-0.2, 0) is 6.54 Å². The van der Waals surface area contributed by atoms with E-state index in [1.807, 2.05) is 30.5 Å². The van der Waals surface area contributed by atoms with Crippen molar-refractivity contribution >= 4 is 62.2 Å². The molecule has 0 atom stereocenters. The molecule has 0 fully saturated rings. The number of fused-ring (bicyclic) bond motifs is 1. The molecule has 29 heavy (non-hydrogen) atoms. The Labute approximate surface area is 184 Å². The molecule has 0 saturated heterocycles. The maximum Gasteiger partial charge on any atom is 0.291 e. The lowest BCUT2D eigenvalue weighted by atomic mass is 10.2. The molecule has 146 valence electrons. The third-order valence-electron chi connectivity index (χ3n) is 4.27. The number of carbonyl (C=O) groups excluding carboxylic acids is 1. The van der Waals surface area contributed by atoms with E-state index in [1.54, 1.807) is 35.3 Å². The largest absolute Gasteiger partial charge is 0.361 e. The van der Waals surface area contributed by atoms with Crippen LogP contribution in [0.4, 0.5) is 0 Å². The highest BCUT2D eigenvalue weighted by atomic mass is 79.9. The molecule has 0 saturated carbocycles. The zero-order valence-electron chi connectivity index (χ0n) is 14.9. The molecule has 2 N–H and O–H groups in total. The third kappa shape index (κ3) is 4.53. The summed E-state index contributed by atoms with van der Waals surface area (Å²) in [6.07, 6.45) is 5.13. The van der Waals surface area contributed by atoms with Gasteiger partial charge in [0.15, 0.2) is 5.69 Å². The first-order valence-electron chi connectivity index (χ1n) is 8.57. The average molecular weight is 491 g/mol. The van der Waals surface area contributed by atoms with Crippen LogP contribution in [0.3, 0.4) is 0 Å². The number of aromatic amines is 1. The van der Waals surface area contributed by atoms with Crippen molar-refractivity contribution in [3.63, 3.8) is 0 Å². The molecule has 1 amide bonds. The molecule has 0 aliphatic rings. The van der Waals surface area contributed by atoms with E-state index in [-0.39, 0.29) is 5.69 Å². The van der Waals surface area contributed by atoms with E-state index in [2.05, 4.69) is 36.5 Å². The third-order valence-corrected chi connectivity index (χ3v) is 5.35. The number of benzene rings is 2. The summed E-state index contributed by atoms with van der Waals surface area (Å²) in [5.74, 6) is -0.400. The number of halogens is 3. The highest BCUT2D eigenvalue weighted by Crippen LogP contribution is 2.22. The van der Waals surface area contributed by atoms with Crippen LogP contribution in [0.2, 0.25) is 10.0 Å². The first-order chi connectivity index (χ1) is 14.0. The lowest BCUT2D eigenvalue weighted by molar-refractivity contribution is 0.0949. The second-order valence-corrected chi connectivity index (χ2v) is 8.03. The van der Waals surface area contributed by atoms with Gasteiger partial charge in [-0.05, 0) is 42.0 Å². The highest BCUT2D eigenvalue weighted by molar-refractivity contribution is 9.10. The molecule has 4 aromatic rings. The summed E-state index contributed by atoms with van der Waals surface area (Å²) in [7, 11) is 0. The van der Waals surface area contributed by atoms with Crippen LogP contribution < -0.4 is 5.43 Å². The number of hydrogen-bond acceptors (Lipinski definition) is 3. The van der Waals surface area contributed by atoms with Crippen molar-refractivity contribution in [3.05, 3.63) is 86.2 Å². The predicted octanol–water partition coefficient (Wildman–Crippen LogP) is 5.25. The van der Waals surface area contributed by atoms with E-state index >= 15 is 0 Å². The first kappa shape index (κ1) is 19.7. The zero-order valence-corrected chi connectivity index (χ0v) is 18.0. The molecule has 0 aliphatic heterocycles. The Kier molecular flexibility index (Phi) is 5.71. The van der Waals surface area contributed by atoms with Gasteiger partial charge in [-0.25, -0.2) is 5.43 Å². The van der Waals surface area contributed by atoms with Crippen molar-refractivity contribution in [1.29, 1.82) is 0 Å². The van der Waals surface area contributed by atoms with Crippen LogP contribution >= 0.6 is 39.1 Å². The molecule has 0 radical (unpaired) electrons. The fraction of sp³-hybridized carbons (Fsp3) is 0.0500. The maximum absolute atomic E-state index is 12.3. The van der Waals surface area contributed by atoms with E-state index in [1.165, 1.54) is 0 Å². The Balaban J connectivity index is 1.42. The van der Waals surface area contributed by atoms with E-state index in [4.69, 9.17) is 23.2 Å². The first-order valence-corrected chi connectivity index (χ1v) is 10.1. The molecule has 2 aromatic heterocycles. The molecule has 2 heterocycles. The van der Waals surface area contributed by atoms with Crippen LogP contribution in [0.5, 0.6) is 0 Å². The van der Waals surface area contributed by atoms with Gasteiger partial charge in [0.25, 0.3) is 5.91 Å². The van der Waals surface area contributed by atoms with Gasteiger partial charge >= 0.3 is 0 Å². The van der Waals surface area contributed by atoms with Gasteiger partial charge < -0.3 is 4.98 Å². The Morgan fingerprint density at radius 2 is 2.10 bits per heavy atom. The summed E-state index contributed by atoms with van der Waals surface area (Å²) >= 11 is 15.6. The van der Waals surface area contributed by atoms with Gasteiger partial charge in [-0.15, -0.1) is 0 Å². The van der Waals surface area contributed by atoms with E-state index < -0.39 is 5.91 Å². The fourth-order valence-corrected chi connectivity index (χ4v) is 3.66. The van der Waals surface area contributed by atoms with Gasteiger partial charge in [0.2, 0.25) is 0 Å². The number of nitrogens with zero attached hydrogens (tertiary/aromatic N) is 3. The van der Waals surface area contributed by atoms with Crippen molar-refractivity contribution < 1.29 is 4.79 Å². The van der Waals surface area contributed by atoms with Crippen LogP contribution in [0, 0.1) is 0 Å². The van der Waals surface area contributed by atoms with Crippen molar-refractivity contribution in [2.24, 2.45) is 5.10 Å². The minimum absolute atomic E-state index is 0.258. The molecule has 9 heteroatoms. The molecule has 4 rings (SSSR count). The van der Waals surface area contributed by atoms with Crippen molar-refractivity contribution in [3.8, 4) is 0 Å². The van der Waals surface area contributed by atoms with E-state index in [0.29, 0.717) is 16.6 Å². The van der Waals surface area contributed by atoms with Crippen molar-refractivity contribution in [1.82, 2.24) is 20.2 Å². The van der Waals surface area contributed by atoms with Crippen molar-refractivity contribution in [2.75, 3.05) is 0 Å². The lowest BCUT2D eigenvalue weighted by Gasteiger charge is -2.05. The minimum atomic E-state index is -0.400. The minimum Gasteiger partial charge on any atom is -0.361 e. The van der Waals surface area contributed by atoms with E-state index in [0.717, 1.165) is 26.5 Å². The molecular weight excluding hydrogens is 477 g/mol. The summed E-state index contributed by atoms with van der Waals surface area (Å²) in [6, 6.07) is 12.8. The van der Waals surface area contributed by atoms with Crippen molar-refractivity contribution in [2.45, 2.75) is 6.54 Å². The predicted molar refractivity (Wildman–Crippen MR) is 119 cm³/mol. The number of carbonyl (C=O) groups is 1. The molecule has 0 spiro atoms. The van der Waals surface area contributed by atoms with Crippen LogP contribution in [-0.4, -0.2) is 26.9 Å². The Morgan fingerprint density at radius 1 is 1.24 bits per heavy atom. The quantitative estimate of drug-likeness (QED) is 0.296. The Morgan fingerprint density at radius 3 is 2.93 bits per heavy atom. The topological polar surface area (TPSA) is 75.1 Å². The maximum atomic E-state index is 12.3. The monoisotopic (exact) mass is 489 g/mol. The molecule has 0 bridgehead atoms. The Hall–Kier alpha value is -2.61. The SMILES string of the molecule is O=C(N/N=C\c1c[nH]c2ccc(Br)cc12)c1ccn(Cc2ccc(Cl)cc2Cl)n1. The normalized spacial score (nSPS) is 11.4. The van der Waals surface area contributed by atoms with Gasteiger partial charge in [0.1, 0.15) is 0 Å². The van der Waals surface area contributed by atoms with Crippen LogP contribution in [0.1, 0.15) is 21.6 Å². The molecule has 2 aromatic carbocycles. The number of nitrogens with one attached hydrogen (secondary N) is 2. The standard InChI is InChI=1S/C20H14BrCl2N5O/c21-14-2-4-18-16(7-14)13(9-24-18)10-25-26-20(29)19-5-6-28(27-19)11-12-1-3-15(22)8-17(12)23/h1-10,24H,11H2,(H,26,29)/b25-10-. The number of hydrogen-bond donors (Lipinski definition) is 2. The van der Waals surface area contributed by atoms with Gasteiger partial charge in [0, 0.05) is 43.4 Å². The highest BCUT2D eigenvalue weighted by Gasteiger charge is 2.10. The number of H-pyrrole nitrogens is 1. The summed E-state index contributed by atoms with van der Waals surface area (Å²) < 4.78 is 2.60. The smallest absolute Gasteiger partial charge is 0.291 e. The zero-order chi connectivity index (χ0) is 20.4. The number of hydrazone groups is 1. The number of amides is 1. The lowest BCUT2D eigenvalue weighted by Crippen LogP contribution is -2.18. The molecule has 6 nitrogen and oxygen atoms in total. The molecule has 0 aliphatic carbocycles. The van der Waals surface area contributed by atoms with E-state index in [9.17, 15) is 4.79 Å². The fourth-order valence-electron chi connectivity index (χ4n) is 2.83. The second kappa shape index (κ2) is 8.41. The number of rotatable bonds is 5. The van der Waals surface area contributed by atoms with Gasteiger partial charge in [0.05, 0.1) is 12.8 Å². The summed E-state index contributed by atoms with van der Waals surface area (Å²) in [5, 5.41) is 10.4. The second-order valence-electron chi connectivity index (χ2n) is 6.27. The summed E-state index contributed by atoms with van der Waals surface area (Å²) in [5.41, 5.74) is 5.46. The van der Waals surface area contributed by atoms with Gasteiger partial charge in [-0.2, -0.15) is 10.2 Å². The van der Waals surface area contributed by atoms with Crippen LogP contribution in [0.25, 0.3) is 10.9 Å². The van der Waals surface area contributed by atoms with Gasteiger partial charge in [-0.3, -0.25) is 9.48 Å². The summed E-state index contributed by atoms with van der Waals surface area (Å²) in [6.45, 7) is 0.427. The summed E-state index contributed by atoms with van der Waals surface area (Å²) in [4.78, 5) is 15.5. The average Bonchev–Trinajstić information content (AvgIpc) is 3.31. The molecule has 0 unspecified atom stereocenters.